The summed E-state index contributed by atoms with van der Waals surface area (Å²) in [6.45, 7) is 0. The number of rotatable bonds is 3. The zero-order chi connectivity index (χ0) is 16.8. The molecule has 0 aliphatic heterocycles. The quantitative estimate of drug-likeness (QED) is 0.353. The predicted octanol–water partition coefficient (Wildman–Crippen LogP) is -2.43. The lowest BCUT2D eigenvalue weighted by molar-refractivity contribution is -0.0000167. The molecule has 0 spiro atoms. The van der Waals surface area contributed by atoms with Crippen molar-refractivity contribution >= 4 is 47.6 Å². The Morgan fingerprint density at radius 3 is 1.59 bits per heavy atom. The van der Waals surface area contributed by atoms with Crippen LogP contribution in [0, 0.1) is 5.39 Å². The van der Waals surface area contributed by atoms with E-state index >= 15 is 0 Å². The van der Waals surface area contributed by atoms with Gasteiger partial charge in [-0.25, -0.2) is 0 Å². The molecule has 0 atom stereocenters. The minimum Gasteiger partial charge on any atom is -1.00 e. The van der Waals surface area contributed by atoms with Gasteiger partial charge in [0, 0.05) is 0 Å². The second-order valence-corrected chi connectivity index (χ2v) is 7.88. The van der Waals surface area contributed by atoms with Crippen LogP contribution < -0.4 is 12.4 Å². The number of halogens is 2. The van der Waals surface area contributed by atoms with E-state index in [-0.39, 0.29) is 18.5 Å². The van der Waals surface area contributed by atoms with Gasteiger partial charge in [-0.1, -0.05) is 11.6 Å². The maximum atomic E-state index is 11.2. The molecule has 0 unspecified atom stereocenters. The monoisotopic (exact) mass is 414 g/mol. The second-order valence-electron chi connectivity index (χ2n) is 3.39. The van der Waals surface area contributed by atoms with Crippen LogP contribution >= 0.6 is 11.6 Å². The van der Waals surface area contributed by atoms with E-state index in [0.29, 0.717) is 0 Å². The van der Waals surface area contributed by atoms with Gasteiger partial charge in [0.25, 0.3) is 20.2 Å². The van der Waals surface area contributed by atoms with Crippen LogP contribution in [0.1, 0.15) is 0 Å². The van der Waals surface area contributed by atoms with Gasteiger partial charge >= 0.3 is 15.8 Å². The summed E-state index contributed by atoms with van der Waals surface area (Å²) < 4.78 is 93.3. The van der Waals surface area contributed by atoms with Gasteiger partial charge in [0.2, 0.25) is 10.3 Å². The Morgan fingerprint density at radius 1 is 0.909 bits per heavy atom. The van der Waals surface area contributed by atoms with E-state index in [2.05, 4.69) is 4.98 Å². The SMILES string of the molecule is N#[N+]c1cc(S(=O)(=O)O)c(Cl)c(S(=O)(=O)O)c1S(=O)(=O)O.[Cl-]. The topological polar surface area (TPSA) is 191 Å². The lowest BCUT2D eigenvalue weighted by Crippen LogP contribution is -3.00. The molecule has 0 saturated heterocycles. The van der Waals surface area contributed by atoms with E-state index in [1.165, 1.54) is 0 Å². The molecule has 1 aromatic carbocycles. The summed E-state index contributed by atoms with van der Waals surface area (Å²) >= 11 is 5.34. The Bertz CT molecular complexity index is 975. The van der Waals surface area contributed by atoms with E-state index in [1.54, 1.807) is 0 Å². The van der Waals surface area contributed by atoms with Gasteiger partial charge < -0.3 is 12.4 Å². The number of hydrogen-bond acceptors (Lipinski definition) is 7. The zero-order valence-corrected chi connectivity index (χ0v) is 13.7. The molecule has 16 heteroatoms. The molecule has 0 radical (unpaired) electrons. The first kappa shape index (κ1) is 20.9. The molecule has 1 rings (SSSR count). The number of nitrogens with zero attached hydrogens (tertiary/aromatic N) is 2. The van der Waals surface area contributed by atoms with E-state index in [1.807, 2.05) is 0 Å². The van der Waals surface area contributed by atoms with E-state index in [9.17, 15) is 25.3 Å². The first-order valence-corrected chi connectivity index (χ1v) is 9.05. The third-order valence-corrected chi connectivity index (χ3v) is 5.50. The zero-order valence-electron chi connectivity index (χ0n) is 9.74. The van der Waals surface area contributed by atoms with Crippen LogP contribution in [0.4, 0.5) is 5.69 Å². The van der Waals surface area contributed by atoms with E-state index in [4.69, 9.17) is 30.7 Å². The van der Waals surface area contributed by atoms with Gasteiger partial charge in [0.15, 0.2) is 4.98 Å². The molecule has 3 N–H and O–H groups in total. The Morgan fingerprint density at radius 2 is 1.32 bits per heavy atom. The Labute approximate surface area is 135 Å². The lowest BCUT2D eigenvalue weighted by atomic mass is 10.3. The van der Waals surface area contributed by atoms with Crippen molar-refractivity contribution in [2.75, 3.05) is 0 Å². The molecule has 1 aromatic rings. The van der Waals surface area contributed by atoms with Crippen molar-refractivity contribution in [3.05, 3.63) is 16.1 Å². The van der Waals surface area contributed by atoms with Gasteiger partial charge in [-0.3, -0.25) is 13.7 Å². The Kier molecular flexibility index (Phi) is 5.92. The Hall–Kier alpha value is -1.05. The minimum absolute atomic E-state index is 0. The molecular weight excluding hydrogens is 411 g/mol. The summed E-state index contributed by atoms with van der Waals surface area (Å²) in [4.78, 5) is -2.52. The largest absolute Gasteiger partial charge is 1.00 e. The Balaban J connectivity index is 0.00000441. The summed E-state index contributed by atoms with van der Waals surface area (Å²) in [6.07, 6.45) is 0. The predicted molar refractivity (Wildman–Crippen MR) is 65.6 cm³/mol. The van der Waals surface area contributed by atoms with Crippen molar-refractivity contribution in [1.82, 2.24) is 0 Å². The first-order chi connectivity index (χ1) is 9.21. The van der Waals surface area contributed by atoms with Gasteiger partial charge in [-0.2, -0.15) is 25.3 Å². The van der Waals surface area contributed by atoms with Crippen LogP contribution in [0.25, 0.3) is 4.98 Å². The third kappa shape index (κ3) is 4.02. The summed E-state index contributed by atoms with van der Waals surface area (Å²) in [7, 11) is -16.0. The van der Waals surface area contributed by atoms with Gasteiger partial charge in [0.05, 0.1) is 11.1 Å². The van der Waals surface area contributed by atoms with Crippen molar-refractivity contribution in [2.24, 2.45) is 0 Å². The van der Waals surface area contributed by atoms with E-state index in [0.717, 1.165) is 0 Å². The molecule has 0 heterocycles. The summed E-state index contributed by atoms with van der Waals surface area (Å²) in [5.41, 5.74) is -1.29. The van der Waals surface area contributed by atoms with Crippen LogP contribution in [0.3, 0.4) is 0 Å². The molecule has 22 heavy (non-hydrogen) atoms. The lowest BCUT2D eigenvalue weighted by Gasteiger charge is -2.07. The fourth-order valence-electron chi connectivity index (χ4n) is 1.32. The second kappa shape index (κ2) is 6.22. The average molecular weight is 415 g/mol. The average Bonchev–Trinajstić information content (AvgIpc) is 2.23. The normalized spacial score (nSPS) is 12.3. The van der Waals surface area contributed by atoms with Crippen LogP contribution in [-0.4, -0.2) is 38.9 Å². The first-order valence-electron chi connectivity index (χ1n) is 4.35. The van der Waals surface area contributed by atoms with Crippen molar-refractivity contribution < 1.29 is 51.3 Å². The molecule has 0 aliphatic carbocycles. The molecule has 0 amide bonds. The number of diazo groups is 1. The van der Waals surface area contributed by atoms with Crippen LogP contribution in [0.15, 0.2) is 20.8 Å². The highest BCUT2D eigenvalue weighted by atomic mass is 35.5. The fourth-order valence-corrected chi connectivity index (χ4v) is 4.77. The molecule has 0 aliphatic rings. The molecule has 0 bridgehead atoms. The highest BCUT2D eigenvalue weighted by Crippen LogP contribution is 2.40. The van der Waals surface area contributed by atoms with Gasteiger partial charge in [0.1, 0.15) is 9.79 Å². The fraction of sp³-hybridized carbons (Fsp3) is 0. The summed E-state index contributed by atoms with van der Waals surface area (Å²) in [5.74, 6) is 0. The molecule has 124 valence electrons. The van der Waals surface area contributed by atoms with Crippen molar-refractivity contribution in [3.8, 4) is 0 Å². The van der Waals surface area contributed by atoms with Gasteiger partial charge in [-0.05, 0) is 0 Å². The minimum atomic E-state index is -5.48. The highest BCUT2D eigenvalue weighted by molar-refractivity contribution is 7.89. The molecule has 11 nitrogen and oxygen atoms in total. The summed E-state index contributed by atoms with van der Waals surface area (Å²) in [6, 6.07) is 0.176. The molecular formula is C6H4Cl2N2O9S3. The summed E-state index contributed by atoms with van der Waals surface area (Å²) in [5, 5.41) is 7.19. The van der Waals surface area contributed by atoms with Crippen molar-refractivity contribution in [3.63, 3.8) is 0 Å². The van der Waals surface area contributed by atoms with Crippen LogP contribution in [0.5, 0.6) is 0 Å². The molecule has 0 aromatic heterocycles. The number of benzene rings is 1. The highest BCUT2D eigenvalue weighted by Gasteiger charge is 2.40. The standard InChI is InChI=1S/C6H3ClN2O9S3.ClH/c7-4-3(19(10,11)12)1-2(9-8)5(20(13,14)15)6(4)21(16,17)18;/h1H,(H2-,10,11,12,13,14,15,16,17,18);1H. The smallest absolute Gasteiger partial charge is 0.408 e. The third-order valence-electron chi connectivity index (χ3n) is 2.02. The van der Waals surface area contributed by atoms with Crippen molar-refractivity contribution in [2.45, 2.75) is 14.7 Å². The van der Waals surface area contributed by atoms with Gasteiger partial charge in [-0.15, -0.1) is 0 Å². The van der Waals surface area contributed by atoms with E-state index < -0.39 is 55.8 Å². The molecule has 0 fully saturated rings. The van der Waals surface area contributed by atoms with Crippen LogP contribution in [0.2, 0.25) is 5.02 Å². The number of hydrogen-bond donors (Lipinski definition) is 3. The molecule has 0 saturated carbocycles. The maximum Gasteiger partial charge on any atom is 0.408 e. The van der Waals surface area contributed by atoms with Crippen molar-refractivity contribution in [1.29, 1.82) is 5.39 Å². The maximum absolute atomic E-state index is 11.2. The van der Waals surface area contributed by atoms with Crippen LogP contribution in [-0.2, 0) is 30.4 Å².